The molecule has 4 nitrogen and oxygen atoms in total. The van der Waals surface area contributed by atoms with Gasteiger partial charge in [-0.2, -0.15) is 5.10 Å². The second-order valence-electron chi connectivity index (χ2n) is 4.13. The number of ether oxygens (including phenoxy) is 1. The molecule has 0 saturated heterocycles. The van der Waals surface area contributed by atoms with Crippen molar-refractivity contribution in [2.24, 2.45) is 7.05 Å². The molecule has 0 spiro atoms. The minimum absolute atomic E-state index is 0.566. The van der Waals surface area contributed by atoms with Gasteiger partial charge in [0.15, 0.2) is 0 Å². The van der Waals surface area contributed by atoms with Gasteiger partial charge in [0.2, 0.25) is 0 Å². The maximum atomic E-state index is 10.3. The predicted molar refractivity (Wildman–Crippen MR) is 60.8 cm³/mol. The number of hydrogen-bond donors (Lipinski definition) is 1. The summed E-state index contributed by atoms with van der Waals surface area (Å²) in [6, 6.07) is 0. The number of nitrogens with zero attached hydrogens (tertiary/aromatic N) is 2. The highest BCUT2D eigenvalue weighted by molar-refractivity contribution is 5.27. The van der Waals surface area contributed by atoms with Crippen molar-refractivity contribution in [3.63, 3.8) is 0 Å². The SMILES string of the molecule is CCc1nn(C)cc1C(O)C1=COCCC1. The third-order valence-electron chi connectivity index (χ3n) is 2.88. The Hall–Kier alpha value is -1.29. The van der Waals surface area contributed by atoms with Crippen LogP contribution in [0.1, 0.15) is 37.1 Å². The molecule has 1 unspecified atom stereocenters. The molecule has 1 aliphatic rings. The van der Waals surface area contributed by atoms with E-state index in [9.17, 15) is 5.11 Å². The summed E-state index contributed by atoms with van der Waals surface area (Å²) in [5.74, 6) is 0. The summed E-state index contributed by atoms with van der Waals surface area (Å²) in [5.41, 5.74) is 2.82. The van der Waals surface area contributed by atoms with Gasteiger partial charge in [-0.05, 0) is 24.8 Å². The molecule has 0 saturated carbocycles. The Kier molecular flexibility index (Phi) is 3.29. The minimum atomic E-state index is -0.566. The molecule has 0 bridgehead atoms. The van der Waals surface area contributed by atoms with E-state index < -0.39 is 6.10 Å². The van der Waals surface area contributed by atoms with E-state index in [0.29, 0.717) is 0 Å². The summed E-state index contributed by atoms with van der Waals surface area (Å²) < 4.78 is 7.01. The molecule has 0 aliphatic carbocycles. The monoisotopic (exact) mass is 222 g/mol. The molecular formula is C12H18N2O2. The molecular weight excluding hydrogens is 204 g/mol. The summed E-state index contributed by atoms with van der Waals surface area (Å²) in [6.45, 7) is 2.80. The van der Waals surface area contributed by atoms with E-state index in [4.69, 9.17) is 4.74 Å². The Morgan fingerprint density at radius 2 is 2.44 bits per heavy atom. The third kappa shape index (κ3) is 2.11. The zero-order chi connectivity index (χ0) is 11.5. The van der Waals surface area contributed by atoms with E-state index in [1.165, 1.54) is 0 Å². The molecule has 88 valence electrons. The number of rotatable bonds is 3. The molecule has 1 N–H and O–H groups in total. The van der Waals surface area contributed by atoms with E-state index in [1.54, 1.807) is 10.9 Å². The van der Waals surface area contributed by atoms with Gasteiger partial charge in [0, 0.05) is 18.8 Å². The predicted octanol–water partition coefficient (Wildman–Crippen LogP) is 1.71. The summed E-state index contributed by atoms with van der Waals surface area (Å²) in [6.07, 6.45) is 5.73. The molecule has 2 rings (SSSR count). The van der Waals surface area contributed by atoms with E-state index in [-0.39, 0.29) is 0 Å². The average Bonchev–Trinajstić information content (AvgIpc) is 2.70. The van der Waals surface area contributed by atoms with Gasteiger partial charge in [-0.25, -0.2) is 0 Å². The lowest BCUT2D eigenvalue weighted by Gasteiger charge is -2.18. The highest BCUT2D eigenvalue weighted by Gasteiger charge is 2.20. The largest absolute Gasteiger partial charge is 0.501 e. The molecule has 0 aromatic carbocycles. The van der Waals surface area contributed by atoms with Crippen LogP contribution < -0.4 is 0 Å². The summed E-state index contributed by atoms with van der Waals surface area (Å²) in [4.78, 5) is 0. The standard InChI is InChI=1S/C12H18N2O2/c1-3-11-10(7-14(2)13-11)12(15)9-5-4-6-16-8-9/h7-8,12,15H,3-6H2,1-2H3. The highest BCUT2D eigenvalue weighted by Crippen LogP contribution is 2.29. The molecule has 0 amide bonds. The van der Waals surface area contributed by atoms with Crippen molar-refractivity contribution in [2.45, 2.75) is 32.3 Å². The number of hydrogen-bond acceptors (Lipinski definition) is 3. The fraction of sp³-hybridized carbons (Fsp3) is 0.583. The second-order valence-corrected chi connectivity index (χ2v) is 4.13. The summed E-state index contributed by atoms with van der Waals surface area (Å²) in [5, 5.41) is 14.6. The lowest BCUT2D eigenvalue weighted by Crippen LogP contribution is -2.08. The number of aliphatic hydroxyl groups is 1. The van der Waals surface area contributed by atoms with Gasteiger partial charge >= 0.3 is 0 Å². The molecule has 1 aromatic heterocycles. The first-order valence-corrected chi connectivity index (χ1v) is 5.73. The van der Waals surface area contributed by atoms with E-state index >= 15 is 0 Å². The first kappa shape index (κ1) is 11.2. The number of aromatic nitrogens is 2. The van der Waals surface area contributed by atoms with Crippen LogP contribution in [0.3, 0.4) is 0 Å². The van der Waals surface area contributed by atoms with Gasteiger partial charge in [-0.3, -0.25) is 4.68 Å². The first-order chi connectivity index (χ1) is 7.72. The van der Waals surface area contributed by atoms with Crippen LogP contribution in [0.4, 0.5) is 0 Å². The van der Waals surface area contributed by atoms with E-state index in [2.05, 4.69) is 5.10 Å². The quantitative estimate of drug-likeness (QED) is 0.847. The lowest BCUT2D eigenvalue weighted by atomic mass is 9.98. The Bertz CT molecular complexity index is 396. The van der Waals surface area contributed by atoms with E-state index in [1.807, 2.05) is 20.2 Å². The van der Waals surface area contributed by atoms with Gasteiger partial charge < -0.3 is 9.84 Å². The maximum absolute atomic E-state index is 10.3. The van der Waals surface area contributed by atoms with Gasteiger partial charge in [0.25, 0.3) is 0 Å². The van der Waals surface area contributed by atoms with Crippen molar-refractivity contribution >= 4 is 0 Å². The molecule has 1 atom stereocenters. The summed E-state index contributed by atoms with van der Waals surface area (Å²) in [7, 11) is 1.88. The summed E-state index contributed by atoms with van der Waals surface area (Å²) >= 11 is 0. The van der Waals surface area contributed by atoms with Crippen LogP contribution in [0.2, 0.25) is 0 Å². The second kappa shape index (κ2) is 4.70. The van der Waals surface area contributed by atoms with Gasteiger partial charge in [0.1, 0.15) is 6.10 Å². The molecule has 0 fully saturated rings. The van der Waals surface area contributed by atoms with Gasteiger partial charge in [0.05, 0.1) is 18.6 Å². The zero-order valence-corrected chi connectivity index (χ0v) is 9.81. The van der Waals surface area contributed by atoms with E-state index in [0.717, 1.165) is 42.7 Å². The van der Waals surface area contributed by atoms with Crippen LogP contribution in [-0.4, -0.2) is 21.5 Å². The van der Waals surface area contributed by atoms with Crippen molar-refractivity contribution in [2.75, 3.05) is 6.61 Å². The Labute approximate surface area is 95.5 Å². The molecule has 16 heavy (non-hydrogen) atoms. The normalized spacial score (nSPS) is 17.8. The highest BCUT2D eigenvalue weighted by atomic mass is 16.5. The van der Waals surface area contributed by atoms with Crippen LogP contribution in [0.25, 0.3) is 0 Å². The number of aryl methyl sites for hydroxylation is 2. The topological polar surface area (TPSA) is 47.3 Å². The van der Waals surface area contributed by atoms with Crippen molar-refractivity contribution in [1.29, 1.82) is 0 Å². The zero-order valence-electron chi connectivity index (χ0n) is 9.81. The maximum Gasteiger partial charge on any atom is 0.107 e. The van der Waals surface area contributed by atoms with Gasteiger partial charge in [-0.15, -0.1) is 0 Å². The van der Waals surface area contributed by atoms with Crippen LogP contribution in [-0.2, 0) is 18.2 Å². The Morgan fingerprint density at radius 1 is 1.62 bits per heavy atom. The van der Waals surface area contributed by atoms with Crippen molar-refractivity contribution in [1.82, 2.24) is 9.78 Å². The third-order valence-corrected chi connectivity index (χ3v) is 2.88. The van der Waals surface area contributed by atoms with Crippen LogP contribution in [0.5, 0.6) is 0 Å². The average molecular weight is 222 g/mol. The minimum Gasteiger partial charge on any atom is -0.501 e. The van der Waals surface area contributed by atoms with Crippen LogP contribution >= 0.6 is 0 Å². The molecule has 4 heteroatoms. The van der Waals surface area contributed by atoms with Crippen LogP contribution in [0, 0.1) is 0 Å². The molecule has 1 aromatic rings. The lowest BCUT2D eigenvalue weighted by molar-refractivity contribution is 0.170. The Balaban J connectivity index is 2.25. The van der Waals surface area contributed by atoms with Crippen molar-refractivity contribution < 1.29 is 9.84 Å². The number of aliphatic hydroxyl groups excluding tert-OH is 1. The molecule has 1 aliphatic heterocycles. The smallest absolute Gasteiger partial charge is 0.107 e. The van der Waals surface area contributed by atoms with Crippen molar-refractivity contribution in [3.8, 4) is 0 Å². The van der Waals surface area contributed by atoms with Crippen molar-refractivity contribution in [3.05, 3.63) is 29.3 Å². The van der Waals surface area contributed by atoms with Gasteiger partial charge in [-0.1, -0.05) is 6.92 Å². The first-order valence-electron chi connectivity index (χ1n) is 5.73. The fourth-order valence-corrected chi connectivity index (χ4v) is 2.04. The Morgan fingerprint density at radius 3 is 3.06 bits per heavy atom. The molecule has 0 radical (unpaired) electrons. The molecule has 2 heterocycles. The van der Waals surface area contributed by atoms with Crippen LogP contribution in [0.15, 0.2) is 18.0 Å². The fourth-order valence-electron chi connectivity index (χ4n) is 2.04.